The third-order valence-electron chi connectivity index (χ3n) is 2.38. The Labute approximate surface area is 76.6 Å². The van der Waals surface area contributed by atoms with E-state index in [1.807, 2.05) is 0 Å². The zero-order chi connectivity index (χ0) is 9.40. The molecule has 0 spiro atoms. The highest BCUT2D eigenvalue weighted by Gasteiger charge is 2.06. The molecule has 0 saturated carbocycles. The van der Waals surface area contributed by atoms with Crippen LogP contribution in [0.4, 0.5) is 0 Å². The molecule has 1 N–H and O–H groups in total. The molecule has 0 aliphatic rings. The molecule has 0 rings (SSSR count). The van der Waals surface area contributed by atoms with E-state index in [1.54, 1.807) is 0 Å². The van der Waals surface area contributed by atoms with Crippen molar-refractivity contribution in [3.63, 3.8) is 0 Å². The fourth-order valence-electron chi connectivity index (χ4n) is 1.33. The van der Waals surface area contributed by atoms with E-state index >= 15 is 0 Å². The Kier molecular flexibility index (Phi) is 7.51. The molecule has 0 heterocycles. The predicted octanol–water partition coefficient (Wildman–Crippen LogP) is 1.88. The van der Waals surface area contributed by atoms with Gasteiger partial charge in [-0.3, -0.25) is 0 Å². The Hall–Kier alpha value is -0.0800. The second-order valence-electron chi connectivity index (χ2n) is 3.55. The van der Waals surface area contributed by atoms with Gasteiger partial charge in [0.15, 0.2) is 0 Å². The number of unbranched alkanes of at least 4 members (excludes halogenated alkanes) is 1. The maximum absolute atomic E-state index is 8.60. The first kappa shape index (κ1) is 11.9. The fourth-order valence-corrected chi connectivity index (χ4v) is 1.33. The molecule has 0 amide bonds. The third-order valence-corrected chi connectivity index (χ3v) is 2.38. The minimum Gasteiger partial charge on any atom is -0.396 e. The van der Waals surface area contributed by atoms with E-state index in [1.165, 1.54) is 12.8 Å². The predicted molar refractivity (Wildman–Crippen MR) is 53.3 cm³/mol. The number of aliphatic hydroxyl groups is 1. The van der Waals surface area contributed by atoms with Crippen molar-refractivity contribution in [1.82, 2.24) is 4.90 Å². The van der Waals surface area contributed by atoms with Crippen LogP contribution in [0.2, 0.25) is 0 Å². The summed E-state index contributed by atoms with van der Waals surface area (Å²) < 4.78 is 0. The zero-order valence-electron chi connectivity index (χ0n) is 8.71. The lowest BCUT2D eigenvalue weighted by molar-refractivity contribution is 0.224. The minimum absolute atomic E-state index is 0.329. The van der Waals surface area contributed by atoms with Crippen LogP contribution in [0.5, 0.6) is 0 Å². The first-order valence-corrected chi connectivity index (χ1v) is 5.03. The van der Waals surface area contributed by atoms with Gasteiger partial charge >= 0.3 is 0 Å². The monoisotopic (exact) mass is 173 g/mol. The van der Waals surface area contributed by atoms with Gasteiger partial charge in [-0.2, -0.15) is 0 Å². The van der Waals surface area contributed by atoms with E-state index < -0.39 is 0 Å². The topological polar surface area (TPSA) is 23.5 Å². The number of rotatable bonds is 7. The van der Waals surface area contributed by atoms with E-state index in [2.05, 4.69) is 25.8 Å². The molecule has 0 bridgehead atoms. The molecule has 2 nitrogen and oxygen atoms in total. The molecule has 74 valence electrons. The maximum atomic E-state index is 8.60. The van der Waals surface area contributed by atoms with Crippen molar-refractivity contribution in [1.29, 1.82) is 0 Å². The Balaban J connectivity index is 3.35. The molecule has 0 radical (unpaired) electrons. The Morgan fingerprint density at radius 2 is 2.00 bits per heavy atom. The van der Waals surface area contributed by atoms with E-state index in [-0.39, 0.29) is 0 Å². The van der Waals surface area contributed by atoms with Crippen molar-refractivity contribution in [2.75, 3.05) is 20.2 Å². The Morgan fingerprint density at radius 1 is 1.33 bits per heavy atom. The van der Waals surface area contributed by atoms with Gasteiger partial charge in [-0.1, -0.05) is 13.3 Å². The summed E-state index contributed by atoms with van der Waals surface area (Å²) in [6.45, 7) is 5.93. The molecular weight excluding hydrogens is 150 g/mol. The molecular formula is C10H23NO. The lowest BCUT2D eigenvalue weighted by Crippen LogP contribution is -2.29. The van der Waals surface area contributed by atoms with Crippen LogP contribution in [-0.2, 0) is 0 Å². The molecule has 0 aromatic heterocycles. The number of nitrogens with zero attached hydrogens (tertiary/aromatic N) is 1. The Bertz CT molecular complexity index is 95.8. The molecule has 0 saturated heterocycles. The zero-order valence-corrected chi connectivity index (χ0v) is 8.71. The van der Waals surface area contributed by atoms with Gasteiger partial charge in [0.05, 0.1) is 0 Å². The van der Waals surface area contributed by atoms with Crippen molar-refractivity contribution < 1.29 is 5.11 Å². The molecule has 0 aromatic carbocycles. The second-order valence-corrected chi connectivity index (χ2v) is 3.55. The highest BCUT2D eigenvalue weighted by Crippen LogP contribution is 2.04. The molecule has 0 aromatic rings. The summed E-state index contributed by atoms with van der Waals surface area (Å²) in [5.41, 5.74) is 0. The number of hydrogen-bond donors (Lipinski definition) is 1. The first-order chi connectivity index (χ1) is 5.72. The van der Waals surface area contributed by atoms with Gasteiger partial charge in [-0.15, -0.1) is 0 Å². The highest BCUT2D eigenvalue weighted by atomic mass is 16.2. The van der Waals surface area contributed by atoms with Crippen LogP contribution in [0.15, 0.2) is 0 Å². The molecule has 1 unspecified atom stereocenters. The summed E-state index contributed by atoms with van der Waals surface area (Å²) in [4.78, 5) is 2.37. The molecule has 0 aliphatic heterocycles. The molecule has 0 aliphatic carbocycles. The normalized spacial score (nSPS) is 13.8. The third kappa shape index (κ3) is 5.56. The average Bonchev–Trinajstić information content (AvgIpc) is 2.05. The summed E-state index contributed by atoms with van der Waals surface area (Å²) in [6.07, 6.45) is 4.57. The van der Waals surface area contributed by atoms with Gasteiger partial charge in [0.1, 0.15) is 0 Å². The average molecular weight is 173 g/mol. The van der Waals surface area contributed by atoms with Gasteiger partial charge in [-0.05, 0) is 39.8 Å². The standard InChI is InChI=1S/C10H23NO/c1-4-7-10(2)11(3)8-5-6-9-12/h10,12H,4-9H2,1-3H3. The SMILES string of the molecule is CCCC(C)N(C)CCCCO. The molecule has 0 fully saturated rings. The van der Waals surface area contributed by atoms with Gasteiger partial charge < -0.3 is 10.0 Å². The van der Waals surface area contributed by atoms with Crippen molar-refractivity contribution >= 4 is 0 Å². The van der Waals surface area contributed by atoms with Crippen LogP contribution in [0.25, 0.3) is 0 Å². The van der Waals surface area contributed by atoms with Crippen molar-refractivity contribution in [3.05, 3.63) is 0 Å². The minimum atomic E-state index is 0.329. The quantitative estimate of drug-likeness (QED) is 0.594. The van der Waals surface area contributed by atoms with Gasteiger partial charge in [0, 0.05) is 12.6 Å². The summed E-state index contributed by atoms with van der Waals surface area (Å²) in [5, 5.41) is 8.60. The van der Waals surface area contributed by atoms with Gasteiger partial charge in [0.25, 0.3) is 0 Å². The molecule has 2 heteroatoms. The fraction of sp³-hybridized carbons (Fsp3) is 1.00. The van der Waals surface area contributed by atoms with Crippen molar-refractivity contribution in [3.8, 4) is 0 Å². The van der Waals surface area contributed by atoms with Crippen LogP contribution in [0.1, 0.15) is 39.5 Å². The summed E-state index contributed by atoms with van der Waals surface area (Å²) in [6, 6.07) is 0.689. The summed E-state index contributed by atoms with van der Waals surface area (Å²) in [5.74, 6) is 0. The lowest BCUT2D eigenvalue weighted by Gasteiger charge is -2.23. The molecule has 1 atom stereocenters. The number of hydrogen-bond acceptors (Lipinski definition) is 2. The Morgan fingerprint density at radius 3 is 2.50 bits per heavy atom. The van der Waals surface area contributed by atoms with Crippen LogP contribution in [0, 0.1) is 0 Å². The van der Waals surface area contributed by atoms with Gasteiger partial charge in [0.2, 0.25) is 0 Å². The first-order valence-electron chi connectivity index (χ1n) is 5.03. The van der Waals surface area contributed by atoms with Crippen LogP contribution >= 0.6 is 0 Å². The van der Waals surface area contributed by atoms with Gasteiger partial charge in [-0.25, -0.2) is 0 Å². The van der Waals surface area contributed by atoms with Crippen LogP contribution < -0.4 is 0 Å². The van der Waals surface area contributed by atoms with Crippen LogP contribution in [0.3, 0.4) is 0 Å². The lowest BCUT2D eigenvalue weighted by atomic mass is 10.1. The molecule has 12 heavy (non-hydrogen) atoms. The van der Waals surface area contributed by atoms with Crippen molar-refractivity contribution in [2.24, 2.45) is 0 Å². The number of aliphatic hydroxyl groups excluding tert-OH is 1. The summed E-state index contributed by atoms with van der Waals surface area (Å²) >= 11 is 0. The smallest absolute Gasteiger partial charge is 0.0431 e. The van der Waals surface area contributed by atoms with Crippen molar-refractivity contribution in [2.45, 2.75) is 45.6 Å². The summed E-state index contributed by atoms with van der Waals surface area (Å²) in [7, 11) is 2.16. The van der Waals surface area contributed by atoms with E-state index in [9.17, 15) is 0 Å². The van der Waals surface area contributed by atoms with E-state index in [0.717, 1.165) is 19.4 Å². The maximum Gasteiger partial charge on any atom is 0.0431 e. The largest absolute Gasteiger partial charge is 0.396 e. The second kappa shape index (κ2) is 7.56. The van der Waals surface area contributed by atoms with E-state index in [0.29, 0.717) is 12.6 Å². The van der Waals surface area contributed by atoms with Crippen LogP contribution in [-0.4, -0.2) is 36.2 Å². The van der Waals surface area contributed by atoms with E-state index in [4.69, 9.17) is 5.11 Å². The highest BCUT2D eigenvalue weighted by molar-refractivity contribution is 4.61.